The number of carbonyl (C=O) groups excluding carboxylic acids is 5. The lowest BCUT2D eigenvalue weighted by molar-refractivity contribution is -0.134. The molecule has 50 heavy (non-hydrogen) atoms. The van der Waals surface area contributed by atoms with Crippen molar-refractivity contribution in [2.24, 2.45) is 0 Å². The molecule has 2 aliphatic heterocycles. The van der Waals surface area contributed by atoms with Crippen molar-refractivity contribution < 1.29 is 33.1 Å². The summed E-state index contributed by atoms with van der Waals surface area (Å²) in [7, 11) is 0. The summed E-state index contributed by atoms with van der Waals surface area (Å²) in [5, 5.41) is 14.0. The maximum absolute atomic E-state index is 13.7. The third-order valence-electron chi connectivity index (χ3n) is 8.72. The van der Waals surface area contributed by atoms with E-state index in [0.717, 1.165) is 16.7 Å². The maximum atomic E-state index is 13.7. The molecule has 1 fully saturated rings. The molecule has 3 atom stereocenters. The van der Waals surface area contributed by atoms with Gasteiger partial charge in [0.1, 0.15) is 36.0 Å². The van der Waals surface area contributed by atoms with E-state index in [1.54, 1.807) is 54.7 Å². The van der Waals surface area contributed by atoms with Gasteiger partial charge >= 0.3 is 0 Å². The molecule has 0 unspecified atom stereocenters. The second-order valence-electron chi connectivity index (χ2n) is 12.5. The Balaban J connectivity index is 1.22. The fraction of sp³-hybridized carbons (Fsp3) is 0.297. The second-order valence-corrected chi connectivity index (χ2v) is 12.5. The number of nitrogens with one attached hydrogen (secondary N) is 5. The van der Waals surface area contributed by atoms with Gasteiger partial charge in [-0.2, -0.15) is 0 Å². The first-order valence-electron chi connectivity index (χ1n) is 16.5. The van der Waals surface area contributed by atoms with Crippen molar-refractivity contribution in [1.29, 1.82) is 0 Å². The van der Waals surface area contributed by atoms with Crippen LogP contribution in [0, 0.1) is 0 Å². The number of rotatable bonds is 5. The molecule has 1 saturated carbocycles. The third kappa shape index (κ3) is 8.35. The fourth-order valence-corrected chi connectivity index (χ4v) is 5.65. The number of oxazole rings is 1. The molecule has 1 aromatic heterocycles. The topological polar surface area (TPSA) is 181 Å². The minimum Gasteiger partial charge on any atom is -0.492 e. The lowest BCUT2D eigenvalue weighted by Crippen LogP contribution is -2.59. The number of amides is 5. The van der Waals surface area contributed by atoms with Gasteiger partial charge in [0.25, 0.3) is 5.91 Å². The standard InChI is InChI=1S/C37H38N6O7/c1-23-32(44)41-30(19-24-5-3-2-4-6-24)35(47)43-37(15-16-37)36(48)39-17-18-49-28-13-7-25(8-14-28)20-29(34(46)40-23)42-33(45)27-11-9-26(10-12-27)31-21-38-22-50-31/h2-14,21-23,29-30H,15-20H2,1H3,(H,39,48)(H,40,46)(H,41,44)(H,42,45)(H,43,47)/t23-,29-,30+/m0/s1. The van der Waals surface area contributed by atoms with Gasteiger partial charge in [0.05, 0.1) is 12.7 Å². The number of fused-ring (bicyclic) bond motifs is 15. The van der Waals surface area contributed by atoms with Crippen LogP contribution >= 0.6 is 0 Å². The molecule has 2 bridgehead atoms. The van der Waals surface area contributed by atoms with E-state index in [-0.39, 0.29) is 31.9 Å². The van der Waals surface area contributed by atoms with E-state index in [1.165, 1.54) is 13.3 Å². The van der Waals surface area contributed by atoms with Crippen LogP contribution in [0.3, 0.4) is 0 Å². The molecule has 258 valence electrons. The molecular weight excluding hydrogens is 640 g/mol. The van der Waals surface area contributed by atoms with Crippen LogP contribution in [0.2, 0.25) is 0 Å². The monoisotopic (exact) mass is 678 g/mol. The zero-order chi connectivity index (χ0) is 35.1. The highest BCUT2D eigenvalue weighted by molar-refractivity contribution is 6.00. The smallest absolute Gasteiger partial charge is 0.251 e. The predicted octanol–water partition coefficient (Wildman–Crippen LogP) is 2.07. The van der Waals surface area contributed by atoms with Crippen LogP contribution in [0.15, 0.2) is 95.9 Å². The molecule has 1 aliphatic carbocycles. The summed E-state index contributed by atoms with van der Waals surface area (Å²) in [5.41, 5.74) is 1.51. The Morgan fingerprint density at radius 2 is 1.64 bits per heavy atom. The molecule has 5 N–H and O–H groups in total. The Hall–Kier alpha value is -5.98. The number of carbonyl (C=O) groups is 5. The van der Waals surface area contributed by atoms with Gasteiger partial charge in [-0.3, -0.25) is 24.0 Å². The molecule has 3 aliphatic rings. The van der Waals surface area contributed by atoms with Crippen LogP contribution in [0.4, 0.5) is 0 Å². The van der Waals surface area contributed by atoms with Crippen molar-refractivity contribution in [3.8, 4) is 17.1 Å². The van der Waals surface area contributed by atoms with E-state index < -0.39 is 47.3 Å². The first-order chi connectivity index (χ1) is 24.2. The van der Waals surface area contributed by atoms with Gasteiger partial charge in [-0.1, -0.05) is 54.6 Å². The van der Waals surface area contributed by atoms with Gasteiger partial charge < -0.3 is 35.7 Å². The van der Waals surface area contributed by atoms with E-state index in [1.807, 2.05) is 30.3 Å². The van der Waals surface area contributed by atoms with Crippen LogP contribution < -0.4 is 31.3 Å². The van der Waals surface area contributed by atoms with Gasteiger partial charge in [0.2, 0.25) is 23.6 Å². The van der Waals surface area contributed by atoms with E-state index in [2.05, 4.69) is 31.6 Å². The summed E-state index contributed by atoms with van der Waals surface area (Å²) < 4.78 is 11.1. The summed E-state index contributed by atoms with van der Waals surface area (Å²) in [6.07, 6.45) is 4.08. The van der Waals surface area contributed by atoms with Crippen molar-refractivity contribution >= 4 is 29.5 Å². The molecule has 3 heterocycles. The number of hydrogen-bond donors (Lipinski definition) is 5. The number of aromatic nitrogens is 1. The Morgan fingerprint density at radius 3 is 2.32 bits per heavy atom. The first-order valence-corrected chi connectivity index (χ1v) is 16.5. The maximum Gasteiger partial charge on any atom is 0.251 e. The molecule has 3 aromatic carbocycles. The van der Waals surface area contributed by atoms with E-state index in [4.69, 9.17) is 9.15 Å². The first kappa shape index (κ1) is 33.9. The van der Waals surface area contributed by atoms with Gasteiger partial charge in [-0.15, -0.1) is 0 Å². The molecular formula is C37H38N6O7. The minimum atomic E-state index is -1.08. The SMILES string of the molecule is C[C@@H]1NC(=O)[C@@H](NC(=O)c2ccc(-c3cnco3)cc2)Cc2ccc(cc2)OCCNC(=O)C2(CC2)NC(=O)[C@@H](Cc2ccccc2)NC1=O. The molecule has 13 nitrogen and oxygen atoms in total. The summed E-state index contributed by atoms with van der Waals surface area (Å²) in [5.74, 6) is -1.42. The Bertz CT molecular complexity index is 1820. The highest BCUT2D eigenvalue weighted by Crippen LogP contribution is 2.35. The van der Waals surface area contributed by atoms with E-state index >= 15 is 0 Å². The molecule has 0 radical (unpaired) electrons. The molecule has 1 spiro atoms. The summed E-state index contributed by atoms with van der Waals surface area (Å²) >= 11 is 0. The van der Waals surface area contributed by atoms with Crippen LogP contribution in [0.1, 0.15) is 41.3 Å². The highest BCUT2D eigenvalue weighted by atomic mass is 16.5. The lowest BCUT2D eigenvalue weighted by Gasteiger charge is -2.25. The molecule has 7 rings (SSSR count). The van der Waals surface area contributed by atoms with Crippen LogP contribution in [0.25, 0.3) is 11.3 Å². The molecule has 5 amide bonds. The number of nitrogens with zero attached hydrogens (tertiary/aromatic N) is 1. The normalized spacial score (nSPS) is 21.2. The van der Waals surface area contributed by atoms with Crippen LogP contribution in [-0.4, -0.2) is 71.3 Å². The summed E-state index contributed by atoms with van der Waals surface area (Å²) in [4.78, 5) is 71.2. The van der Waals surface area contributed by atoms with Crippen molar-refractivity contribution in [2.45, 2.75) is 56.3 Å². The third-order valence-corrected chi connectivity index (χ3v) is 8.72. The van der Waals surface area contributed by atoms with Crippen molar-refractivity contribution in [2.75, 3.05) is 13.2 Å². The zero-order valence-electron chi connectivity index (χ0n) is 27.4. The Kier molecular flexibility index (Phi) is 10.2. The number of benzene rings is 3. The quantitative estimate of drug-likeness (QED) is 0.199. The summed E-state index contributed by atoms with van der Waals surface area (Å²) in [6, 6.07) is 19.7. The fourth-order valence-electron chi connectivity index (χ4n) is 5.65. The average molecular weight is 679 g/mol. The molecule has 0 saturated heterocycles. The van der Waals surface area contributed by atoms with Crippen LogP contribution in [-0.2, 0) is 32.0 Å². The Morgan fingerprint density at radius 1 is 0.900 bits per heavy atom. The highest BCUT2D eigenvalue weighted by Gasteiger charge is 2.51. The van der Waals surface area contributed by atoms with E-state index in [9.17, 15) is 24.0 Å². The minimum absolute atomic E-state index is 0.111. The van der Waals surface area contributed by atoms with Crippen molar-refractivity contribution in [1.82, 2.24) is 31.6 Å². The Labute approximate surface area is 288 Å². The van der Waals surface area contributed by atoms with Gasteiger partial charge in [-0.05, 0) is 55.2 Å². The number of hydrogen-bond acceptors (Lipinski definition) is 8. The number of ether oxygens (including phenoxy) is 1. The van der Waals surface area contributed by atoms with Gasteiger partial charge in [0.15, 0.2) is 12.2 Å². The second kappa shape index (κ2) is 15.1. The van der Waals surface area contributed by atoms with Crippen molar-refractivity contribution in [3.05, 3.63) is 108 Å². The van der Waals surface area contributed by atoms with E-state index in [0.29, 0.717) is 29.9 Å². The zero-order valence-corrected chi connectivity index (χ0v) is 27.4. The van der Waals surface area contributed by atoms with Crippen LogP contribution in [0.5, 0.6) is 5.75 Å². The molecule has 13 heteroatoms. The lowest BCUT2D eigenvalue weighted by atomic mass is 10.0. The van der Waals surface area contributed by atoms with Gasteiger partial charge in [-0.25, -0.2) is 4.98 Å². The van der Waals surface area contributed by atoms with Crippen molar-refractivity contribution in [3.63, 3.8) is 0 Å². The largest absolute Gasteiger partial charge is 0.492 e. The average Bonchev–Trinajstić information content (AvgIpc) is 3.69. The predicted molar refractivity (Wildman–Crippen MR) is 182 cm³/mol. The molecule has 4 aromatic rings. The summed E-state index contributed by atoms with van der Waals surface area (Å²) in [6.45, 7) is 1.91. The van der Waals surface area contributed by atoms with Gasteiger partial charge in [0, 0.05) is 24.0 Å².